The number of ether oxygens (including phenoxy) is 2. The van der Waals surface area contributed by atoms with Gasteiger partial charge in [0.1, 0.15) is 23.8 Å². The second-order valence-electron chi connectivity index (χ2n) is 7.98. The third-order valence-electron chi connectivity index (χ3n) is 5.80. The molecule has 0 unspecified atom stereocenters. The molecule has 2 aliphatic heterocycles. The predicted octanol–water partition coefficient (Wildman–Crippen LogP) is 3.33. The van der Waals surface area contributed by atoms with E-state index in [4.69, 9.17) is 26.8 Å². The van der Waals surface area contributed by atoms with Crippen LogP contribution in [0.3, 0.4) is 0 Å². The molecule has 0 spiro atoms. The van der Waals surface area contributed by atoms with Crippen molar-refractivity contribution in [3.8, 4) is 0 Å². The van der Waals surface area contributed by atoms with E-state index in [9.17, 15) is 22.0 Å². The molecule has 3 atom stereocenters. The Balaban J connectivity index is 1.57. The summed E-state index contributed by atoms with van der Waals surface area (Å²) in [5.41, 5.74) is 6.74. The highest BCUT2D eigenvalue weighted by Gasteiger charge is 2.40. The molecule has 1 fully saturated rings. The van der Waals surface area contributed by atoms with Crippen molar-refractivity contribution < 1.29 is 31.5 Å². The van der Waals surface area contributed by atoms with Crippen LogP contribution in [0.15, 0.2) is 35.2 Å². The highest BCUT2D eigenvalue weighted by molar-refractivity contribution is 7.90. The number of sulfone groups is 1. The number of nitrogens with zero attached hydrogens (tertiary/aromatic N) is 1. The number of halogens is 3. The van der Waals surface area contributed by atoms with E-state index in [-0.39, 0.29) is 34.6 Å². The van der Waals surface area contributed by atoms with Crippen LogP contribution in [-0.4, -0.2) is 44.4 Å². The lowest BCUT2D eigenvalue weighted by molar-refractivity contribution is -0.114. The highest BCUT2D eigenvalue weighted by Crippen LogP contribution is 2.39. The van der Waals surface area contributed by atoms with Crippen LogP contribution in [0, 0.1) is 11.6 Å². The van der Waals surface area contributed by atoms with E-state index in [1.807, 2.05) is 4.90 Å². The Morgan fingerprint density at radius 2 is 2.00 bits per heavy atom. The first kappa shape index (κ1) is 22.9. The van der Waals surface area contributed by atoms with Crippen LogP contribution in [0.4, 0.5) is 13.6 Å². The van der Waals surface area contributed by atoms with E-state index < -0.39 is 39.8 Å². The number of primary amides is 1. The zero-order valence-corrected chi connectivity index (χ0v) is 18.6. The molecule has 0 bridgehead atoms. The summed E-state index contributed by atoms with van der Waals surface area (Å²) in [5, 5.41) is 0.189. The summed E-state index contributed by atoms with van der Waals surface area (Å²) >= 11 is 6.38. The number of hydrogen-bond acceptors (Lipinski definition) is 6. The number of hydrogen-bond donors (Lipinski definition) is 1. The number of benzene rings is 2. The van der Waals surface area contributed by atoms with Gasteiger partial charge in [-0.3, -0.25) is 4.90 Å². The number of amides is 1. The molecule has 1 amide bonds. The van der Waals surface area contributed by atoms with Crippen LogP contribution >= 0.6 is 11.6 Å². The Labute approximate surface area is 189 Å². The lowest BCUT2D eigenvalue weighted by Crippen LogP contribution is -2.46. The third kappa shape index (κ3) is 4.45. The number of rotatable bonds is 4. The third-order valence-corrected chi connectivity index (χ3v) is 7.48. The molecule has 172 valence electrons. The van der Waals surface area contributed by atoms with Crippen molar-refractivity contribution in [3.63, 3.8) is 0 Å². The lowest BCUT2D eigenvalue weighted by Gasteiger charge is -2.39. The monoisotopic (exact) mass is 486 g/mol. The Bertz CT molecular complexity index is 1180. The summed E-state index contributed by atoms with van der Waals surface area (Å²) in [4.78, 5) is 13.5. The molecule has 4 rings (SSSR count). The van der Waals surface area contributed by atoms with Crippen molar-refractivity contribution in [1.29, 1.82) is 0 Å². The van der Waals surface area contributed by atoms with Gasteiger partial charge < -0.3 is 15.2 Å². The molecule has 0 aliphatic carbocycles. The maximum Gasteiger partial charge on any atom is 0.404 e. The Kier molecular flexibility index (Phi) is 6.15. The molecule has 2 aromatic rings. The molecule has 0 saturated carbocycles. The van der Waals surface area contributed by atoms with Crippen molar-refractivity contribution in [2.45, 2.75) is 42.7 Å². The Hall–Kier alpha value is -2.27. The number of carbonyl (C=O) groups is 1. The normalized spacial score (nSPS) is 23.7. The molecule has 2 N–H and O–H groups in total. The zero-order valence-electron chi connectivity index (χ0n) is 17.1. The summed E-state index contributed by atoms with van der Waals surface area (Å²) < 4.78 is 63.0. The fourth-order valence-electron chi connectivity index (χ4n) is 4.30. The molecular weight excluding hydrogens is 466 g/mol. The standard InChI is InChI=1S/C21H21ClF2N2O5S/c1-32(28,29)18-5-2-11-8-26(9-15(11)19(18)22)13-7-17(31-21(25)27)20(30-10-13)14-6-12(23)3-4-16(14)24/h2-6,13,17,20H,7-10H2,1H3,(H2,25,27)/t13-,17+,20-/m1/s1. The van der Waals surface area contributed by atoms with Gasteiger partial charge >= 0.3 is 6.09 Å². The Morgan fingerprint density at radius 1 is 1.25 bits per heavy atom. The fraction of sp³-hybridized carbons (Fsp3) is 0.381. The van der Waals surface area contributed by atoms with E-state index in [1.54, 1.807) is 6.07 Å². The Morgan fingerprint density at radius 3 is 2.69 bits per heavy atom. The molecule has 32 heavy (non-hydrogen) atoms. The molecule has 0 aromatic heterocycles. The second-order valence-corrected chi connectivity index (χ2v) is 10.3. The van der Waals surface area contributed by atoms with Crippen LogP contribution in [0.5, 0.6) is 0 Å². The van der Waals surface area contributed by atoms with Crippen LogP contribution < -0.4 is 5.73 Å². The van der Waals surface area contributed by atoms with Crippen molar-refractivity contribution in [3.05, 3.63) is 63.7 Å². The van der Waals surface area contributed by atoms with Gasteiger partial charge in [0.15, 0.2) is 9.84 Å². The van der Waals surface area contributed by atoms with Gasteiger partial charge in [0.05, 0.1) is 16.5 Å². The molecule has 2 aromatic carbocycles. The minimum atomic E-state index is -3.48. The van der Waals surface area contributed by atoms with E-state index in [0.29, 0.717) is 18.7 Å². The van der Waals surface area contributed by atoms with Gasteiger partial charge in [-0.05, 0) is 35.4 Å². The van der Waals surface area contributed by atoms with Gasteiger partial charge in [-0.15, -0.1) is 0 Å². The van der Waals surface area contributed by atoms with Gasteiger partial charge in [-0.1, -0.05) is 17.7 Å². The summed E-state index contributed by atoms with van der Waals surface area (Å²) in [6.45, 7) is 1.01. The van der Waals surface area contributed by atoms with Crippen LogP contribution in [0.2, 0.25) is 5.02 Å². The number of nitrogens with two attached hydrogens (primary N) is 1. The van der Waals surface area contributed by atoms with Crippen molar-refractivity contribution in [2.24, 2.45) is 5.73 Å². The minimum Gasteiger partial charge on any atom is -0.443 e. The first-order valence-electron chi connectivity index (χ1n) is 9.81. The first-order valence-corrected chi connectivity index (χ1v) is 12.1. The quantitative estimate of drug-likeness (QED) is 0.711. The average Bonchev–Trinajstić information content (AvgIpc) is 3.14. The van der Waals surface area contributed by atoms with Gasteiger partial charge in [-0.25, -0.2) is 22.0 Å². The zero-order chi connectivity index (χ0) is 23.2. The summed E-state index contributed by atoms with van der Waals surface area (Å²) in [6, 6.07) is 5.94. The molecule has 2 aliphatic rings. The fourth-order valence-corrected chi connectivity index (χ4v) is 5.73. The smallest absolute Gasteiger partial charge is 0.404 e. The minimum absolute atomic E-state index is 0.0553. The van der Waals surface area contributed by atoms with Crippen LogP contribution in [0.1, 0.15) is 29.2 Å². The van der Waals surface area contributed by atoms with E-state index in [1.165, 1.54) is 6.07 Å². The number of carbonyl (C=O) groups excluding carboxylic acids is 1. The van der Waals surface area contributed by atoms with E-state index in [2.05, 4.69) is 0 Å². The summed E-state index contributed by atoms with van der Waals surface area (Å²) in [7, 11) is -3.48. The molecule has 0 radical (unpaired) electrons. The van der Waals surface area contributed by atoms with Gasteiger partial charge in [0.2, 0.25) is 0 Å². The SMILES string of the molecule is CS(=O)(=O)c1ccc2c(c1Cl)CN([C@H]1CO[C@H](c3cc(F)ccc3F)[C@@H](OC(N)=O)C1)C2. The maximum atomic E-state index is 14.3. The predicted molar refractivity (Wildman–Crippen MR) is 112 cm³/mol. The topological polar surface area (TPSA) is 98.9 Å². The van der Waals surface area contributed by atoms with E-state index >= 15 is 0 Å². The van der Waals surface area contributed by atoms with Gasteiger partial charge in [0.25, 0.3) is 0 Å². The van der Waals surface area contributed by atoms with Gasteiger partial charge in [0, 0.05) is 37.4 Å². The first-order chi connectivity index (χ1) is 15.0. The maximum absolute atomic E-state index is 14.3. The largest absolute Gasteiger partial charge is 0.443 e. The van der Waals surface area contributed by atoms with Crippen molar-refractivity contribution >= 4 is 27.5 Å². The summed E-state index contributed by atoms with van der Waals surface area (Å²) in [6.07, 6.45) is -1.65. The number of fused-ring (bicyclic) bond motifs is 1. The molecule has 7 nitrogen and oxygen atoms in total. The van der Waals surface area contributed by atoms with Gasteiger partial charge in [-0.2, -0.15) is 0 Å². The highest BCUT2D eigenvalue weighted by atomic mass is 35.5. The van der Waals surface area contributed by atoms with Crippen LogP contribution in [-0.2, 0) is 32.4 Å². The average molecular weight is 487 g/mol. The van der Waals surface area contributed by atoms with Crippen LogP contribution in [0.25, 0.3) is 0 Å². The van der Waals surface area contributed by atoms with E-state index in [0.717, 1.165) is 30.0 Å². The molecule has 11 heteroatoms. The molecular formula is C21H21ClF2N2O5S. The van der Waals surface area contributed by atoms with Crippen molar-refractivity contribution in [2.75, 3.05) is 12.9 Å². The summed E-state index contributed by atoms with van der Waals surface area (Å²) in [5.74, 6) is -1.32. The molecule has 1 saturated heterocycles. The van der Waals surface area contributed by atoms with Crippen molar-refractivity contribution in [1.82, 2.24) is 4.90 Å². The lowest BCUT2D eigenvalue weighted by atomic mass is 9.94. The second kappa shape index (κ2) is 8.58. The molecule has 2 heterocycles.